The average Bonchev–Trinajstić information content (AvgIpc) is 2.46. The Kier molecular flexibility index (Phi) is 7.17. The highest BCUT2D eigenvalue weighted by molar-refractivity contribution is 9.10. The van der Waals surface area contributed by atoms with Crippen LogP contribution in [0, 0.1) is 0 Å². The molecule has 1 rings (SSSR count). The van der Waals surface area contributed by atoms with Gasteiger partial charge in [0.15, 0.2) is 18.1 Å². The van der Waals surface area contributed by atoms with E-state index in [4.69, 9.17) is 14.2 Å². The summed E-state index contributed by atoms with van der Waals surface area (Å²) in [4.78, 5) is 23.2. The topological polar surface area (TPSA) is 73.9 Å². The predicted octanol–water partition coefficient (Wildman–Crippen LogP) is 2.08. The first-order chi connectivity index (χ1) is 10.4. The van der Waals surface area contributed by atoms with Crippen LogP contribution in [-0.4, -0.2) is 38.7 Å². The van der Waals surface area contributed by atoms with E-state index in [-0.39, 0.29) is 25.0 Å². The van der Waals surface area contributed by atoms with Crippen LogP contribution >= 0.6 is 15.9 Å². The quantitative estimate of drug-likeness (QED) is 0.740. The molecule has 0 fully saturated rings. The van der Waals surface area contributed by atoms with E-state index in [1.807, 2.05) is 13.8 Å². The minimum atomic E-state index is -0.494. The third kappa shape index (κ3) is 5.55. The summed E-state index contributed by atoms with van der Waals surface area (Å²) in [5, 5.41) is 2.64. The number of hydrogen-bond donors (Lipinski definition) is 1. The highest BCUT2D eigenvalue weighted by Crippen LogP contribution is 2.33. The largest absolute Gasteiger partial charge is 0.493 e. The lowest BCUT2D eigenvalue weighted by molar-refractivity contribution is -0.148. The molecule has 0 spiro atoms. The van der Waals surface area contributed by atoms with Crippen molar-refractivity contribution in [2.45, 2.75) is 26.3 Å². The second-order valence-corrected chi connectivity index (χ2v) is 5.71. The van der Waals surface area contributed by atoms with E-state index in [9.17, 15) is 9.59 Å². The van der Waals surface area contributed by atoms with Gasteiger partial charge in [0.05, 0.1) is 20.6 Å². The molecule has 1 aromatic carbocycles. The van der Waals surface area contributed by atoms with Gasteiger partial charge in [-0.15, -0.1) is 0 Å². The SMILES string of the molecule is COc1cc(Br)c(CC(=O)OCC(=O)NC(C)C)cc1OC. The summed E-state index contributed by atoms with van der Waals surface area (Å²) in [5.74, 6) is 0.260. The summed E-state index contributed by atoms with van der Waals surface area (Å²) >= 11 is 3.37. The van der Waals surface area contributed by atoms with Crippen molar-refractivity contribution in [1.82, 2.24) is 5.32 Å². The van der Waals surface area contributed by atoms with Crippen LogP contribution in [-0.2, 0) is 20.7 Å². The van der Waals surface area contributed by atoms with Crippen LogP contribution in [0.15, 0.2) is 16.6 Å². The molecule has 7 heteroatoms. The van der Waals surface area contributed by atoms with Gasteiger partial charge < -0.3 is 19.5 Å². The molecule has 0 saturated heterocycles. The average molecular weight is 374 g/mol. The van der Waals surface area contributed by atoms with Crippen LogP contribution in [0.2, 0.25) is 0 Å². The van der Waals surface area contributed by atoms with Crippen LogP contribution in [0.4, 0.5) is 0 Å². The van der Waals surface area contributed by atoms with Gasteiger partial charge >= 0.3 is 5.97 Å². The number of ether oxygens (including phenoxy) is 3. The lowest BCUT2D eigenvalue weighted by Gasteiger charge is -2.12. The maximum Gasteiger partial charge on any atom is 0.310 e. The third-order valence-electron chi connectivity index (χ3n) is 2.70. The first-order valence-corrected chi connectivity index (χ1v) is 7.52. The number of carbonyl (C=O) groups excluding carboxylic acids is 2. The molecule has 1 aromatic rings. The maximum absolute atomic E-state index is 11.8. The summed E-state index contributed by atoms with van der Waals surface area (Å²) in [6, 6.07) is 3.41. The lowest BCUT2D eigenvalue weighted by atomic mass is 10.1. The zero-order valence-corrected chi connectivity index (χ0v) is 14.7. The maximum atomic E-state index is 11.8. The molecule has 0 saturated carbocycles. The van der Waals surface area contributed by atoms with Crippen molar-refractivity contribution in [1.29, 1.82) is 0 Å². The van der Waals surface area contributed by atoms with E-state index >= 15 is 0 Å². The molecule has 1 N–H and O–H groups in total. The molecule has 0 aliphatic heterocycles. The molecule has 0 bridgehead atoms. The fourth-order valence-corrected chi connectivity index (χ4v) is 2.21. The van der Waals surface area contributed by atoms with Crippen LogP contribution in [0.5, 0.6) is 11.5 Å². The number of benzene rings is 1. The van der Waals surface area contributed by atoms with Crippen LogP contribution in [0.3, 0.4) is 0 Å². The minimum Gasteiger partial charge on any atom is -0.493 e. The van der Waals surface area contributed by atoms with Gasteiger partial charge in [-0.1, -0.05) is 15.9 Å². The Hall–Kier alpha value is -1.76. The number of hydrogen-bond acceptors (Lipinski definition) is 5. The fourth-order valence-electron chi connectivity index (χ4n) is 1.75. The summed E-state index contributed by atoms with van der Waals surface area (Å²) in [7, 11) is 3.05. The smallest absolute Gasteiger partial charge is 0.310 e. The molecule has 122 valence electrons. The minimum absolute atomic E-state index is 0.00574. The van der Waals surface area contributed by atoms with E-state index < -0.39 is 5.97 Å². The fraction of sp³-hybridized carbons (Fsp3) is 0.467. The number of halogens is 1. The molecule has 0 aromatic heterocycles. The standard InChI is InChI=1S/C15H20BrNO5/c1-9(2)17-14(18)8-22-15(19)6-10-5-12(20-3)13(21-4)7-11(10)16/h5,7,9H,6,8H2,1-4H3,(H,17,18). The van der Waals surface area contributed by atoms with Gasteiger partial charge in [-0.2, -0.15) is 0 Å². The Morgan fingerprint density at radius 3 is 2.32 bits per heavy atom. The Labute approximate surface area is 138 Å². The Morgan fingerprint density at radius 2 is 1.77 bits per heavy atom. The number of carbonyl (C=O) groups is 2. The van der Waals surface area contributed by atoms with Gasteiger partial charge in [0.25, 0.3) is 5.91 Å². The van der Waals surface area contributed by atoms with Crippen molar-refractivity contribution < 1.29 is 23.8 Å². The monoisotopic (exact) mass is 373 g/mol. The van der Waals surface area contributed by atoms with Gasteiger partial charge in [-0.3, -0.25) is 9.59 Å². The summed E-state index contributed by atoms with van der Waals surface area (Å²) in [5.41, 5.74) is 0.687. The predicted molar refractivity (Wildman–Crippen MR) is 85.2 cm³/mol. The van der Waals surface area contributed by atoms with Crippen molar-refractivity contribution >= 4 is 27.8 Å². The molecule has 0 radical (unpaired) electrons. The number of amides is 1. The van der Waals surface area contributed by atoms with Crippen molar-refractivity contribution in [2.75, 3.05) is 20.8 Å². The molecule has 0 aliphatic rings. The van der Waals surface area contributed by atoms with Gasteiger partial charge in [-0.25, -0.2) is 0 Å². The molecule has 0 aliphatic carbocycles. The summed E-state index contributed by atoms with van der Waals surface area (Å²) in [6.45, 7) is 3.38. The van der Waals surface area contributed by atoms with Gasteiger partial charge in [0, 0.05) is 10.5 Å². The van der Waals surface area contributed by atoms with E-state index in [1.165, 1.54) is 14.2 Å². The van der Waals surface area contributed by atoms with Crippen molar-refractivity contribution in [3.63, 3.8) is 0 Å². The van der Waals surface area contributed by atoms with Crippen LogP contribution in [0.1, 0.15) is 19.4 Å². The molecular weight excluding hydrogens is 354 g/mol. The van der Waals surface area contributed by atoms with E-state index in [2.05, 4.69) is 21.2 Å². The van der Waals surface area contributed by atoms with Crippen molar-refractivity contribution in [3.8, 4) is 11.5 Å². The molecule has 22 heavy (non-hydrogen) atoms. The number of methoxy groups -OCH3 is 2. The van der Waals surface area contributed by atoms with Crippen LogP contribution < -0.4 is 14.8 Å². The lowest BCUT2D eigenvalue weighted by Crippen LogP contribution is -2.34. The first-order valence-electron chi connectivity index (χ1n) is 6.72. The second-order valence-electron chi connectivity index (χ2n) is 4.86. The summed E-state index contributed by atoms with van der Waals surface area (Å²) < 4.78 is 16.0. The molecular formula is C15H20BrNO5. The zero-order chi connectivity index (χ0) is 16.7. The Bertz CT molecular complexity index is 545. The first kappa shape index (κ1) is 18.3. The Balaban J connectivity index is 2.66. The van der Waals surface area contributed by atoms with Crippen molar-refractivity contribution in [3.05, 3.63) is 22.2 Å². The summed E-state index contributed by atoms with van der Waals surface area (Å²) in [6.07, 6.45) is 0.0237. The number of esters is 1. The van der Waals surface area contributed by atoms with Gasteiger partial charge in [0.2, 0.25) is 0 Å². The molecule has 0 atom stereocenters. The van der Waals surface area contributed by atoms with Gasteiger partial charge in [-0.05, 0) is 31.5 Å². The molecule has 0 unspecified atom stereocenters. The second kappa shape index (κ2) is 8.63. The van der Waals surface area contributed by atoms with E-state index in [0.29, 0.717) is 21.5 Å². The Morgan fingerprint density at radius 1 is 1.18 bits per heavy atom. The van der Waals surface area contributed by atoms with Crippen molar-refractivity contribution in [2.24, 2.45) is 0 Å². The molecule has 0 heterocycles. The van der Waals surface area contributed by atoms with Gasteiger partial charge in [0.1, 0.15) is 0 Å². The highest BCUT2D eigenvalue weighted by atomic mass is 79.9. The third-order valence-corrected chi connectivity index (χ3v) is 3.44. The van der Waals surface area contributed by atoms with Crippen LogP contribution in [0.25, 0.3) is 0 Å². The highest BCUT2D eigenvalue weighted by Gasteiger charge is 2.14. The van der Waals surface area contributed by atoms with E-state index in [0.717, 1.165) is 0 Å². The molecule has 1 amide bonds. The van der Waals surface area contributed by atoms with E-state index in [1.54, 1.807) is 12.1 Å². The number of rotatable bonds is 7. The normalized spacial score (nSPS) is 10.3. The zero-order valence-electron chi connectivity index (χ0n) is 13.1. The molecule has 6 nitrogen and oxygen atoms in total. The number of nitrogens with one attached hydrogen (secondary N) is 1.